The van der Waals surface area contributed by atoms with E-state index in [0.717, 1.165) is 0 Å². The average Bonchev–Trinajstić information content (AvgIpc) is 3.65. The maximum absolute atomic E-state index is 2.36. The van der Waals surface area contributed by atoms with Crippen LogP contribution in [0, 0.1) is 13.8 Å². The lowest BCUT2D eigenvalue weighted by atomic mass is 9.87. The predicted octanol–water partition coefficient (Wildman–Crippen LogP) is 12.1. The quantitative estimate of drug-likeness (QED) is 0.190. The molecule has 2 aromatic heterocycles. The van der Waals surface area contributed by atoms with Gasteiger partial charge in [0.1, 0.15) is 0 Å². The zero-order chi connectivity index (χ0) is 32.4. The molecular weight excluding hydrogens is 556 g/mol. The minimum Gasteiger partial charge on any atom is -0.317 e. The van der Waals surface area contributed by atoms with Gasteiger partial charge in [0.15, 0.2) is 0 Å². The molecule has 0 aliphatic rings. The fraction of sp³-hybridized carbons (Fsp3) is 0.227. The SMILES string of the molecule is Cc1cc(-c2ccc3c(ccn3-c3ccc(C(C)(C)C)cc3)c2)c(C)cc1-c1ccc2c(ccn2-c2ccc(C(C)(C)C)cc2)c1. The van der Waals surface area contributed by atoms with E-state index in [0.29, 0.717) is 0 Å². The van der Waals surface area contributed by atoms with Crippen molar-refractivity contribution in [3.05, 3.63) is 144 Å². The van der Waals surface area contributed by atoms with Gasteiger partial charge in [-0.3, -0.25) is 0 Å². The molecular formula is C44H44N2. The van der Waals surface area contributed by atoms with Crippen LogP contribution in [0.5, 0.6) is 0 Å². The maximum atomic E-state index is 2.36. The van der Waals surface area contributed by atoms with Gasteiger partial charge >= 0.3 is 0 Å². The highest BCUT2D eigenvalue weighted by Gasteiger charge is 2.16. The summed E-state index contributed by atoms with van der Waals surface area (Å²) in [6, 6.07) is 40.9. The molecule has 0 radical (unpaired) electrons. The average molecular weight is 601 g/mol. The molecule has 0 aliphatic heterocycles. The van der Waals surface area contributed by atoms with Crippen LogP contribution >= 0.6 is 0 Å². The second kappa shape index (κ2) is 10.9. The summed E-state index contributed by atoms with van der Waals surface area (Å²) in [5.41, 5.74) is 15.5. The van der Waals surface area contributed by atoms with Gasteiger partial charge in [-0.05, 0) is 130 Å². The van der Waals surface area contributed by atoms with E-state index in [9.17, 15) is 0 Å². The standard InChI is InChI=1S/C44H44N2/c1-29-25-40(32-10-20-42-34(28-32)22-24-46(42)38-17-13-36(14-18-38)44(6,7)8)30(2)26-39(29)31-9-19-41-33(27-31)21-23-45(41)37-15-11-35(12-16-37)43(3,4)5/h9-28H,1-8H3. The molecule has 7 aromatic rings. The Morgan fingerprint density at radius 3 is 1.13 bits per heavy atom. The summed E-state index contributed by atoms with van der Waals surface area (Å²) in [7, 11) is 0. The fourth-order valence-electron chi connectivity index (χ4n) is 6.75. The molecule has 0 atom stereocenters. The molecule has 0 N–H and O–H groups in total. The lowest BCUT2D eigenvalue weighted by Crippen LogP contribution is -2.10. The van der Waals surface area contributed by atoms with E-state index < -0.39 is 0 Å². The van der Waals surface area contributed by atoms with E-state index in [-0.39, 0.29) is 10.8 Å². The Morgan fingerprint density at radius 1 is 0.413 bits per heavy atom. The number of nitrogens with zero attached hydrogens (tertiary/aromatic N) is 2. The number of fused-ring (bicyclic) bond motifs is 2. The van der Waals surface area contributed by atoms with E-state index >= 15 is 0 Å². The smallest absolute Gasteiger partial charge is 0.0528 e. The Kier molecular flexibility index (Phi) is 7.09. The molecule has 2 nitrogen and oxygen atoms in total. The summed E-state index contributed by atoms with van der Waals surface area (Å²) in [6.07, 6.45) is 4.37. The van der Waals surface area contributed by atoms with Crippen molar-refractivity contribution in [1.29, 1.82) is 0 Å². The molecule has 0 bridgehead atoms. The van der Waals surface area contributed by atoms with Crippen LogP contribution in [0.25, 0.3) is 55.4 Å². The molecule has 0 amide bonds. The van der Waals surface area contributed by atoms with E-state index in [1.165, 1.54) is 77.7 Å². The summed E-state index contributed by atoms with van der Waals surface area (Å²) >= 11 is 0. The largest absolute Gasteiger partial charge is 0.317 e. The first-order valence-corrected chi connectivity index (χ1v) is 16.4. The topological polar surface area (TPSA) is 9.86 Å². The predicted molar refractivity (Wildman–Crippen MR) is 198 cm³/mol. The van der Waals surface area contributed by atoms with Crippen molar-refractivity contribution < 1.29 is 0 Å². The number of hydrogen-bond donors (Lipinski definition) is 0. The van der Waals surface area contributed by atoms with Crippen LogP contribution in [0.2, 0.25) is 0 Å². The highest BCUT2D eigenvalue weighted by atomic mass is 15.0. The van der Waals surface area contributed by atoms with Gasteiger partial charge < -0.3 is 9.13 Å². The van der Waals surface area contributed by atoms with Crippen molar-refractivity contribution in [1.82, 2.24) is 9.13 Å². The third-order valence-corrected chi connectivity index (χ3v) is 9.60. The van der Waals surface area contributed by atoms with E-state index in [4.69, 9.17) is 0 Å². The van der Waals surface area contributed by atoms with Crippen LogP contribution in [0.15, 0.2) is 122 Å². The third kappa shape index (κ3) is 5.36. The Balaban J connectivity index is 1.18. The zero-order valence-electron chi connectivity index (χ0n) is 28.4. The van der Waals surface area contributed by atoms with Crippen LogP contribution < -0.4 is 0 Å². The summed E-state index contributed by atoms with van der Waals surface area (Å²) in [6.45, 7) is 18.0. The molecule has 7 rings (SSSR count). The summed E-state index contributed by atoms with van der Waals surface area (Å²) in [4.78, 5) is 0. The van der Waals surface area contributed by atoms with Gasteiger partial charge in [0.05, 0.1) is 11.0 Å². The molecule has 2 heterocycles. The van der Waals surface area contributed by atoms with Crippen molar-refractivity contribution in [3.63, 3.8) is 0 Å². The lowest BCUT2D eigenvalue weighted by molar-refractivity contribution is 0.590. The van der Waals surface area contributed by atoms with Crippen molar-refractivity contribution in [2.24, 2.45) is 0 Å². The first-order valence-electron chi connectivity index (χ1n) is 16.4. The lowest BCUT2D eigenvalue weighted by Gasteiger charge is -2.19. The number of hydrogen-bond acceptors (Lipinski definition) is 0. The van der Waals surface area contributed by atoms with Crippen LogP contribution in [0.3, 0.4) is 0 Å². The van der Waals surface area contributed by atoms with Crippen LogP contribution in [-0.4, -0.2) is 9.13 Å². The van der Waals surface area contributed by atoms with Crippen LogP contribution in [0.4, 0.5) is 0 Å². The fourth-order valence-corrected chi connectivity index (χ4v) is 6.75. The molecule has 5 aromatic carbocycles. The Hall–Kier alpha value is -4.82. The summed E-state index contributed by atoms with van der Waals surface area (Å²) < 4.78 is 4.58. The summed E-state index contributed by atoms with van der Waals surface area (Å²) in [5, 5.41) is 2.50. The van der Waals surface area contributed by atoms with Gasteiger partial charge in [-0.1, -0.05) is 90.1 Å². The molecule has 0 saturated heterocycles. The maximum Gasteiger partial charge on any atom is 0.0528 e. The van der Waals surface area contributed by atoms with Crippen molar-refractivity contribution in [2.45, 2.75) is 66.2 Å². The van der Waals surface area contributed by atoms with Crippen molar-refractivity contribution in [3.8, 4) is 33.6 Å². The van der Waals surface area contributed by atoms with Gasteiger partial charge in [-0.25, -0.2) is 0 Å². The third-order valence-electron chi connectivity index (χ3n) is 9.60. The Labute approximate surface area is 274 Å². The first-order chi connectivity index (χ1) is 21.9. The monoisotopic (exact) mass is 600 g/mol. The molecule has 0 aliphatic carbocycles. The van der Waals surface area contributed by atoms with Crippen LogP contribution in [0.1, 0.15) is 63.8 Å². The minimum atomic E-state index is 0.149. The molecule has 0 saturated carbocycles. The Bertz CT molecular complexity index is 2050. The van der Waals surface area contributed by atoms with Crippen molar-refractivity contribution >= 4 is 21.8 Å². The number of rotatable bonds is 4. The van der Waals surface area contributed by atoms with Gasteiger partial charge in [-0.15, -0.1) is 0 Å². The van der Waals surface area contributed by atoms with Gasteiger partial charge in [0.2, 0.25) is 0 Å². The number of aromatic nitrogens is 2. The van der Waals surface area contributed by atoms with Gasteiger partial charge in [-0.2, -0.15) is 0 Å². The first kappa shape index (κ1) is 29.9. The van der Waals surface area contributed by atoms with Crippen LogP contribution in [-0.2, 0) is 10.8 Å². The van der Waals surface area contributed by atoms with E-state index in [2.05, 4.69) is 186 Å². The van der Waals surface area contributed by atoms with Gasteiger partial charge in [0.25, 0.3) is 0 Å². The molecule has 2 heteroatoms. The second-order valence-corrected chi connectivity index (χ2v) is 15.0. The highest BCUT2D eigenvalue weighted by Crippen LogP contribution is 2.36. The molecule has 46 heavy (non-hydrogen) atoms. The minimum absolute atomic E-state index is 0.149. The Morgan fingerprint density at radius 2 is 0.783 bits per heavy atom. The molecule has 0 unspecified atom stereocenters. The molecule has 230 valence electrons. The normalized spacial score (nSPS) is 12.3. The zero-order valence-corrected chi connectivity index (χ0v) is 28.4. The van der Waals surface area contributed by atoms with Crippen molar-refractivity contribution in [2.75, 3.05) is 0 Å². The highest BCUT2D eigenvalue weighted by molar-refractivity contribution is 5.90. The molecule has 0 fully saturated rings. The van der Waals surface area contributed by atoms with E-state index in [1.807, 2.05) is 0 Å². The summed E-state index contributed by atoms with van der Waals surface area (Å²) in [5.74, 6) is 0. The second-order valence-electron chi connectivity index (χ2n) is 15.0. The number of benzene rings is 5. The van der Waals surface area contributed by atoms with E-state index in [1.54, 1.807) is 0 Å². The molecule has 0 spiro atoms. The number of aryl methyl sites for hydroxylation is 2. The van der Waals surface area contributed by atoms with Gasteiger partial charge in [0, 0.05) is 34.5 Å².